The van der Waals surface area contributed by atoms with Gasteiger partial charge in [0.1, 0.15) is 0 Å². The minimum Gasteiger partial charge on any atom is -0.391 e. The van der Waals surface area contributed by atoms with Crippen LogP contribution in [-0.4, -0.2) is 33.0 Å². The SMILES string of the molecule is Cl.Cn1c2ccc(CN[C@H]3[C@H](O)CCC[C@@H]3O)cc2c2c3ccccc3ccc21. The molecular weight excluding hydrogens is 384 g/mol. The summed E-state index contributed by atoms with van der Waals surface area (Å²) in [6, 6.07) is 19.2. The van der Waals surface area contributed by atoms with E-state index in [4.69, 9.17) is 0 Å². The number of hydrogen-bond acceptors (Lipinski definition) is 3. The van der Waals surface area contributed by atoms with Crippen molar-refractivity contribution in [2.45, 2.75) is 44.1 Å². The van der Waals surface area contributed by atoms with Crippen molar-refractivity contribution in [2.75, 3.05) is 0 Å². The number of aliphatic hydroxyl groups is 2. The number of aliphatic hydroxyl groups excluding tert-OH is 2. The highest BCUT2D eigenvalue weighted by molar-refractivity contribution is 6.20. The van der Waals surface area contributed by atoms with Crippen LogP contribution in [0.25, 0.3) is 32.6 Å². The van der Waals surface area contributed by atoms with Crippen molar-refractivity contribution < 1.29 is 10.2 Å². The van der Waals surface area contributed by atoms with Crippen LogP contribution in [-0.2, 0) is 13.6 Å². The highest BCUT2D eigenvalue weighted by Gasteiger charge is 2.30. The van der Waals surface area contributed by atoms with Crippen molar-refractivity contribution in [3.63, 3.8) is 0 Å². The molecule has 1 saturated carbocycles. The second kappa shape index (κ2) is 7.96. The quantitative estimate of drug-likeness (QED) is 0.472. The van der Waals surface area contributed by atoms with E-state index in [-0.39, 0.29) is 18.4 Å². The van der Waals surface area contributed by atoms with Crippen molar-refractivity contribution in [1.82, 2.24) is 9.88 Å². The van der Waals surface area contributed by atoms with E-state index in [1.54, 1.807) is 0 Å². The first-order valence-corrected chi connectivity index (χ1v) is 10.1. The molecule has 29 heavy (non-hydrogen) atoms. The summed E-state index contributed by atoms with van der Waals surface area (Å²) in [4.78, 5) is 0. The summed E-state index contributed by atoms with van der Waals surface area (Å²) < 4.78 is 2.25. The lowest BCUT2D eigenvalue weighted by molar-refractivity contribution is 0.000878. The first kappa shape index (κ1) is 20.2. The minimum absolute atomic E-state index is 0. The van der Waals surface area contributed by atoms with E-state index >= 15 is 0 Å². The number of fused-ring (bicyclic) bond motifs is 5. The average molecular weight is 411 g/mol. The molecule has 152 valence electrons. The molecule has 1 heterocycles. The first-order valence-electron chi connectivity index (χ1n) is 10.1. The lowest BCUT2D eigenvalue weighted by Crippen LogP contribution is -2.50. The van der Waals surface area contributed by atoms with Gasteiger partial charge < -0.3 is 20.1 Å². The van der Waals surface area contributed by atoms with Crippen molar-refractivity contribution in [3.8, 4) is 0 Å². The van der Waals surface area contributed by atoms with Gasteiger partial charge >= 0.3 is 0 Å². The van der Waals surface area contributed by atoms with Crippen LogP contribution in [0.5, 0.6) is 0 Å². The summed E-state index contributed by atoms with van der Waals surface area (Å²) in [7, 11) is 2.12. The Morgan fingerprint density at radius 3 is 2.45 bits per heavy atom. The van der Waals surface area contributed by atoms with Gasteiger partial charge in [0.15, 0.2) is 0 Å². The monoisotopic (exact) mass is 410 g/mol. The predicted molar refractivity (Wildman–Crippen MR) is 122 cm³/mol. The molecule has 1 aromatic heterocycles. The Kier molecular flexibility index (Phi) is 5.54. The van der Waals surface area contributed by atoms with Crippen molar-refractivity contribution in [1.29, 1.82) is 0 Å². The Morgan fingerprint density at radius 2 is 1.66 bits per heavy atom. The molecule has 5 rings (SSSR count). The maximum Gasteiger partial charge on any atom is 0.0718 e. The van der Waals surface area contributed by atoms with Crippen LogP contribution in [0, 0.1) is 0 Å². The number of halogens is 1. The van der Waals surface area contributed by atoms with Gasteiger partial charge in [-0.1, -0.05) is 36.4 Å². The van der Waals surface area contributed by atoms with E-state index in [0.717, 1.165) is 24.8 Å². The molecule has 0 saturated heterocycles. The summed E-state index contributed by atoms with van der Waals surface area (Å²) in [5, 5.41) is 28.9. The van der Waals surface area contributed by atoms with Crippen LogP contribution >= 0.6 is 12.4 Å². The maximum absolute atomic E-state index is 10.2. The van der Waals surface area contributed by atoms with Gasteiger partial charge in [-0.05, 0) is 53.8 Å². The van der Waals surface area contributed by atoms with Gasteiger partial charge in [0.25, 0.3) is 0 Å². The Hall–Kier alpha value is -2.11. The molecule has 1 aliphatic carbocycles. The molecule has 0 bridgehead atoms. The molecule has 0 aliphatic heterocycles. The summed E-state index contributed by atoms with van der Waals surface area (Å²) in [6.45, 7) is 0.635. The minimum atomic E-state index is -0.478. The molecule has 3 N–H and O–H groups in total. The topological polar surface area (TPSA) is 57.4 Å². The van der Waals surface area contributed by atoms with Gasteiger partial charge in [0.2, 0.25) is 0 Å². The predicted octanol–water partition coefficient (Wildman–Crippen LogP) is 4.27. The van der Waals surface area contributed by atoms with Crippen LogP contribution in [0.2, 0.25) is 0 Å². The van der Waals surface area contributed by atoms with Crippen molar-refractivity contribution in [3.05, 3.63) is 60.2 Å². The van der Waals surface area contributed by atoms with Gasteiger partial charge in [-0.3, -0.25) is 0 Å². The van der Waals surface area contributed by atoms with Crippen LogP contribution in [0.1, 0.15) is 24.8 Å². The summed E-state index contributed by atoms with van der Waals surface area (Å²) in [5.41, 5.74) is 3.61. The van der Waals surface area contributed by atoms with E-state index < -0.39 is 12.2 Å². The summed E-state index contributed by atoms with van der Waals surface area (Å²) in [5.74, 6) is 0. The molecule has 3 atom stereocenters. The molecule has 5 heteroatoms. The Morgan fingerprint density at radius 1 is 0.931 bits per heavy atom. The second-order valence-electron chi connectivity index (χ2n) is 8.06. The third-order valence-corrected chi connectivity index (χ3v) is 6.33. The lowest BCUT2D eigenvalue weighted by Gasteiger charge is -2.33. The molecule has 4 aromatic rings. The Balaban J connectivity index is 0.00000205. The van der Waals surface area contributed by atoms with Crippen molar-refractivity contribution in [2.24, 2.45) is 7.05 Å². The van der Waals surface area contributed by atoms with Crippen LogP contribution in [0.15, 0.2) is 54.6 Å². The fourth-order valence-corrected chi connectivity index (χ4v) is 4.80. The largest absolute Gasteiger partial charge is 0.391 e. The van der Waals surface area contributed by atoms with Crippen LogP contribution in [0.4, 0.5) is 0 Å². The summed E-state index contributed by atoms with van der Waals surface area (Å²) in [6.07, 6.45) is 1.43. The Labute approximate surface area is 176 Å². The van der Waals surface area contributed by atoms with E-state index in [1.807, 2.05) is 0 Å². The van der Waals surface area contributed by atoms with E-state index in [2.05, 4.69) is 71.5 Å². The molecule has 4 nitrogen and oxygen atoms in total. The normalized spacial score (nSPS) is 22.2. The van der Waals surface area contributed by atoms with Gasteiger partial charge in [0, 0.05) is 35.4 Å². The molecule has 1 aliphatic rings. The van der Waals surface area contributed by atoms with Gasteiger partial charge in [0.05, 0.1) is 18.2 Å². The first-order chi connectivity index (χ1) is 13.6. The van der Waals surface area contributed by atoms with Gasteiger partial charge in [-0.25, -0.2) is 0 Å². The molecular formula is C24H27ClN2O2. The molecule has 1 fully saturated rings. The van der Waals surface area contributed by atoms with Gasteiger partial charge in [-0.2, -0.15) is 0 Å². The maximum atomic E-state index is 10.2. The van der Waals surface area contributed by atoms with Crippen LogP contribution < -0.4 is 5.32 Å². The molecule has 0 amide bonds. The second-order valence-corrected chi connectivity index (χ2v) is 8.06. The summed E-state index contributed by atoms with van der Waals surface area (Å²) >= 11 is 0. The van der Waals surface area contributed by atoms with Gasteiger partial charge in [-0.15, -0.1) is 12.4 Å². The number of nitrogens with one attached hydrogen (secondary N) is 1. The number of nitrogens with zero attached hydrogens (tertiary/aromatic N) is 1. The van der Waals surface area contributed by atoms with Crippen molar-refractivity contribution >= 4 is 45.0 Å². The average Bonchev–Trinajstić information content (AvgIpc) is 3.00. The number of aromatic nitrogens is 1. The molecule has 0 unspecified atom stereocenters. The highest BCUT2D eigenvalue weighted by Crippen LogP contribution is 2.34. The molecule has 0 radical (unpaired) electrons. The standard InChI is InChI=1S/C24H26N2O2.ClH/c1-26-19-11-9-15(14-25-24-21(27)7-4-8-22(24)28)13-18(19)23-17-6-3-2-5-16(17)10-12-20(23)26;/h2-3,5-6,9-13,21-22,24-25,27-28H,4,7-8,14H2,1H3;1H/t21-,22+,24+;. The fourth-order valence-electron chi connectivity index (χ4n) is 4.80. The zero-order chi connectivity index (χ0) is 19.3. The fraction of sp³-hybridized carbons (Fsp3) is 0.333. The Bertz CT molecular complexity index is 1160. The van der Waals surface area contributed by atoms with E-state index in [9.17, 15) is 10.2 Å². The van der Waals surface area contributed by atoms with E-state index in [1.165, 1.54) is 32.6 Å². The van der Waals surface area contributed by atoms with Crippen LogP contribution in [0.3, 0.4) is 0 Å². The number of rotatable bonds is 3. The number of aryl methyl sites for hydroxylation is 1. The lowest BCUT2D eigenvalue weighted by atomic mass is 9.90. The zero-order valence-corrected chi connectivity index (χ0v) is 17.3. The zero-order valence-electron chi connectivity index (χ0n) is 16.5. The van der Waals surface area contributed by atoms with E-state index in [0.29, 0.717) is 6.54 Å². The number of hydrogen-bond donors (Lipinski definition) is 3. The molecule has 3 aromatic carbocycles. The third-order valence-electron chi connectivity index (χ3n) is 6.33. The highest BCUT2D eigenvalue weighted by atomic mass is 35.5. The smallest absolute Gasteiger partial charge is 0.0718 e. The number of benzene rings is 3. The third kappa shape index (κ3) is 3.40. The molecule has 0 spiro atoms.